The SMILES string of the molecule is NC(=S)NN=Cc1cc(F)c(N2CCN(Cc3ccc(F)cc3Cl)CC2)cc1F. The van der Waals surface area contributed by atoms with Gasteiger partial charge in [-0.05, 0) is 36.0 Å². The number of hydrogen-bond acceptors (Lipinski definition) is 4. The molecule has 3 N–H and O–H groups in total. The normalized spacial score (nSPS) is 15.1. The first-order valence-corrected chi connectivity index (χ1v) is 9.61. The molecule has 0 atom stereocenters. The highest BCUT2D eigenvalue weighted by molar-refractivity contribution is 7.80. The molecular formula is C19H19ClF3N5S. The second kappa shape index (κ2) is 9.43. The zero-order valence-corrected chi connectivity index (χ0v) is 16.9. The van der Waals surface area contributed by atoms with Crippen molar-refractivity contribution in [1.82, 2.24) is 10.3 Å². The lowest BCUT2D eigenvalue weighted by molar-refractivity contribution is 0.249. The second-order valence-electron chi connectivity index (χ2n) is 6.56. The predicted octanol–water partition coefficient (Wildman–Crippen LogP) is 3.25. The predicted molar refractivity (Wildman–Crippen MR) is 113 cm³/mol. The van der Waals surface area contributed by atoms with Crippen LogP contribution in [0, 0.1) is 17.5 Å². The van der Waals surface area contributed by atoms with Gasteiger partial charge in [0.05, 0.1) is 11.9 Å². The van der Waals surface area contributed by atoms with Crippen molar-refractivity contribution in [2.75, 3.05) is 31.1 Å². The first-order valence-electron chi connectivity index (χ1n) is 8.82. The van der Waals surface area contributed by atoms with Crippen LogP contribution in [0.5, 0.6) is 0 Å². The average molecular weight is 442 g/mol. The lowest BCUT2D eigenvalue weighted by Crippen LogP contribution is -2.46. The molecule has 1 aliphatic heterocycles. The van der Waals surface area contributed by atoms with E-state index in [-0.39, 0.29) is 22.2 Å². The van der Waals surface area contributed by atoms with E-state index in [1.807, 2.05) is 0 Å². The molecule has 0 aliphatic carbocycles. The van der Waals surface area contributed by atoms with Crippen LogP contribution in [-0.4, -0.2) is 42.4 Å². The minimum absolute atomic E-state index is 0.0143. The van der Waals surface area contributed by atoms with Gasteiger partial charge in [0.25, 0.3) is 0 Å². The first kappa shape index (κ1) is 21.4. The molecule has 1 heterocycles. The standard InChI is InChI=1S/C19H19ClF3N5S/c20-15-8-14(21)2-1-12(15)11-27-3-5-28(6-4-27)18-9-16(22)13(7-17(18)23)10-25-26-19(24)29/h1-2,7-10H,3-6,11H2,(H3,24,26,29). The van der Waals surface area contributed by atoms with Gasteiger partial charge in [-0.3, -0.25) is 10.3 Å². The van der Waals surface area contributed by atoms with Crippen LogP contribution < -0.4 is 16.1 Å². The summed E-state index contributed by atoms with van der Waals surface area (Å²) in [7, 11) is 0. The Labute approximate surface area is 176 Å². The van der Waals surface area contributed by atoms with Crippen molar-refractivity contribution < 1.29 is 13.2 Å². The molecule has 154 valence electrons. The van der Waals surface area contributed by atoms with E-state index in [1.54, 1.807) is 11.0 Å². The number of anilines is 1. The summed E-state index contributed by atoms with van der Waals surface area (Å²) in [5.41, 5.74) is 8.53. The Balaban J connectivity index is 1.63. The largest absolute Gasteiger partial charge is 0.375 e. The lowest BCUT2D eigenvalue weighted by Gasteiger charge is -2.36. The number of hydrazone groups is 1. The molecule has 1 fully saturated rings. The molecule has 2 aromatic rings. The summed E-state index contributed by atoms with van der Waals surface area (Å²) in [5, 5.41) is 3.95. The van der Waals surface area contributed by atoms with E-state index < -0.39 is 11.6 Å². The molecule has 1 saturated heterocycles. The van der Waals surface area contributed by atoms with E-state index in [9.17, 15) is 13.2 Å². The van der Waals surface area contributed by atoms with Crippen molar-refractivity contribution in [3.63, 3.8) is 0 Å². The Hall–Kier alpha value is -2.36. The quantitative estimate of drug-likeness (QED) is 0.424. The van der Waals surface area contributed by atoms with Crippen LogP contribution in [0.15, 0.2) is 35.4 Å². The number of nitrogens with two attached hydrogens (primary N) is 1. The molecule has 0 amide bonds. The van der Waals surface area contributed by atoms with Crippen LogP contribution in [0.2, 0.25) is 5.02 Å². The third-order valence-corrected chi connectivity index (χ3v) is 5.01. The first-order chi connectivity index (χ1) is 13.8. The van der Waals surface area contributed by atoms with Crippen LogP contribution in [0.25, 0.3) is 0 Å². The lowest BCUT2D eigenvalue weighted by atomic mass is 10.1. The average Bonchev–Trinajstić information content (AvgIpc) is 2.67. The molecule has 0 radical (unpaired) electrons. The van der Waals surface area contributed by atoms with Crippen molar-refractivity contribution in [2.45, 2.75) is 6.54 Å². The number of piperazine rings is 1. The van der Waals surface area contributed by atoms with Gasteiger partial charge >= 0.3 is 0 Å². The van der Waals surface area contributed by atoms with Gasteiger partial charge in [0.1, 0.15) is 17.5 Å². The van der Waals surface area contributed by atoms with Crippen LogP contribution in [0.4, 0.5) is 18.9 Å². The molecule has 2 aromatic carbocycles. The van der Waals surface area contributed by atoms with E-state index in [0.29, 0.717) is 37.7 Å². The van der Waals surface area contributed by atoms with Gasteiger partial charge in [0.15, 0.2) is 5.11 Å². The number of rotatable bonds is 5. The van der Waals surface area contributed by atoms with E-state index in [1.165, 1.54) is 12.1 Å². The molecular weight excluding hydrogens is 423 g/mol. The van der Waals surface area contributed by atoms with Crippen molar-refractivity contribution in [1.29, 1.82) is 0 Å². The summed E-state index contributed by atoms with van der Waals surface area (Å²) in [6.45, 7) is 2.87. The van der Waals surface area contributed by atoms with Crippen molar-refractivity contribution in [3.05, 3.63) is 63.9 Å². The van der Waals surface area contributed by atoms with Gasteiger partial charge in [-0.2, -0.15) is 5.10 Å². The highest BCUT2D eigenvalue weighted by Gasteiger charge is 2.21. The maximum Gasteiger partial charge on any atom is 0.184 e. The van der Waals surface area contributed by atoms with Crippen molar-refractivity contribution in [2.24, 2.45) is 10.8 Å². The van der Waals surface area contributed by atoms with Gasteiger partial charge in [0.2, 0.25) is 0 Å². The topological polar surface area (TPSA) is 56.9 Å². The number of nitrogens with zero attached hydrogens (tertiary/aromatic N) is 3. The minimum atomic E-state index is -0.601. The van der Waals surface area contributed by atoms with Gasteiger partial charge in [-0.25, -0.2) is 13.2 Å². The minimum Gasteiger partial charge on any atom is -0.375 e. The number of hydrogen-bond donors (Lipinski definition) is 2. The summed E-state index contributed by atoms with van der Waals surface area (Å²) in [4.78, 5) is 3.92. The Kier molecular flexibility index (Phi) is 6.94. The molecule has 0 aromatic heterocycles. The third-order valence-electron chi connectivity index (χ3n) is 4.57. The highest BCUT2D eigenvalue weighted by Crippen LogP contribution is 2.25. The molecule has 1 aliphatic rings. The molecule has 29 heavy (non-hydrogen) atoms. The number of benzene rings is 2. The summed E-state index contributed by atoms with van der Waals surface area (Å²) < 4.78 is 42.0. The molecule has 0 saturated carbocycles. The molecule has 0 unspecified atom stereocenters. The zero-order valence-electron chi connectivity index (χ0n) is 15.3. The Morgan fingerprint density at radius 2 is 1.86 bits per heavy atom. The molecule has 5 nitrogen and oxygen atoms in total. The fourth-order valence-corrected chi connectivity index (χ4v) is 3.38. The Morgan fingerprint density at radius 3 is 2.52 bits per heavy atom. The van der Waals surface area contributed by atoms with Crippen LogP contribution >= 0.6 is 23.8 Å². The molecule has 0 bridgehead atoms. The smallest absolute Gasteiger partial charge is 0.184 e. The highest BCUT2D eigenvalue weighted by atomic mass is 35.5. The van der Waals surface area contributed by atoms with Crippen LogP contribution in [0.3, 0.4) is 0 Å². The fraction of sp³-hybridized carbons (Fsp3) is 0.263. The zero-order chi connectivity index (χ0) is 21.0. The van der Waals surface area contributed by atoms with Crippen LogP contribution in [-0.2, 0) is 6.54 Å². The van der Waals surface area contributed by atoms with Crippen molar-refractivity contribution >= 4 is 40.8 Å². The monoisotopic (exact) mass is 441 g/mol. The molecule has 10 heteroatoms. The Bertz CT molecular complexity index is 932. The fourth-order valence-electron chi connectivity index (χ4n) is 3.10. The maximum atomic E-state index is 14.5. The van der Waals surface area contributed by atoms with E-state index in [4.69, 9.17) is 17.3 Å². The van der Waals surface area contributed by atoms with Gasteiger partial charge < -0.3 is 10.6 Å². The van der Waals surface area contributed by atoms with Gasteiger partial charge in [-0.1, -0.05) is 17.7 Å². The molecule has 0 spiro atoms. The van der Waals surface area contributed by atoms with Crippen molar-refractivity contribution in [3.8, 4) is 0 Å². The third kappa shape index (κ3) is 5.59. The van der Waals surface area contributed by atoms with Gasteiger partial charge in [-0.15, -0.1) is 0 Å². The summed E-state index contributed by atoms with van der Waals surface area (Å²) in [6, 6.07) is 6.55. The van der Waals surface area contributed by atoms with Gasteiger partial charge in [0, 0.05) is 49.4 Å². The Morgan fingerprint density at radius 1 is 1.14 bits per heavy atom. The number of nitrogens with one attached hydrogen (secondary N) is 1. The number of halogens is 4. The molecule has 3 rings (SSSR count). The van der Waals surface area contributed by atoms with E-state index in [2.05, 4.69) is 27.6 Å². The summed E-state index contributed by atoms with van der Waals surface area (Å²) in [6.07, 6.45) is 1.12. The van der Waals surface area contributed by atoms with E-state index in [0.717, 1.165) is 23.9 Å². The summed E-state index contributed by atoms with van der Waals surface area (Å²) >= 11 is 10.7. The summed E-state index contributed by atoms with van der Waals surface area (Å²) in [5.74, 6) is -1.52. The second-order valence-corrected chi connectivity index (χ2v) is 7.41. The van der Waals surface area contributed by atoms with Crippen LogP contribution in [0.1, 0.15) is 11.1 Å². The number of thiocarbonyl (C=S) groups is 1. The maximum absolute atomic E-state index is 14.5. The van der Waals surface area contributed by atoms with E-state index >= 15 is 0 Å².